The van der Waals surface area contributed by atoms with Crippen LogP contribution in [0.3, 0.4) is 0 Å². The van der Waals surface area contributed by atoms with Crippen molar-refractivity contribution >= 4 is 22.0 Å². The van der Waals surface area contributed by atoms with Crippen molar-refractivity contribution < 1.29 is 14.3 Å². The smallest absolute Gasteiger partial charge is 0.410 e. The van der Waals surface area contributed by atoms with E-state index in [0.717, 1.165) is 10.0 Å². The molecule has 1 saturated heterocycles. The monoisotopic (exact) mass is 355 g/mol. The molecule has 1 aromatic rings. The molecule has 0 unspecified atom stereocenters. The standard InChI is InChI=1S/C16H22BrNO3/c1-15(2,3)21-14(19)18-10-16(4,11-18)20-9-12-5-7-13(17)8-6-12/h5-8H,9-11H2,1-4H3. The van der Waals surface area contributed by atoms with Crippen molar-refractivity contribution in [2.75, 3.05) is 13.1 Å². The maximum absolute atomic E-state index is 11.9. The first kappa shape index (κ1) is 16.3. The van der Waals surface area contributed by atoms with Crippen LogP contribution in [0, 0.1) is 0 Å². The number of benzene rings is 1. The fraction of sp³-hybridized carbons (Fsp3) is 0.562. The molecule has 1 aliphatic rings. The molecule has 2 rings (SSSR count). The normalized spacial score (nSPS) is 17.3. The summed E-state index contributed by atoms with van der Waals surface area (Å²) in [6.45, 7) is 9.31. The number of rotatable bonds is 3. The lowest BCUT2D eigenvalue weighted by molar-refractivity contribution is -0.135. The highest BCUT2D eigenvalue weighted by molar-refractivity contribution is 9.10. The van der Waals surface area contributed by atoms with E-state index in [2.05, 4.69) is 15.9 Å². The summed E-state index contributed by atoms with van der Waals surface area (Å²) in [6, 6.07) is 8.04. The van der Waals surface area contributed by atoms with Crippen LogP contribution in [-0.4, -0.2) is 35.3 Å². The minimum absolute atomic E-state index is 0.271. The van der Waals surface area contributed by atoms with E-state index >= 15 is 0 Å². The molecule has 1 fully saturated rings. The summed E-state index contributed by atoms with van der Waals surface area (Å²) in [6.07, 6.45) is -0.271. The molecule has 0 bridgehead atoms. The predicted molar refractivity (Wildman–Crippen MR) is 85.1 cm³/mol. The second-order valence-corrected chi connectivity index (χ2v) is 7.62. The van der Waals surface area contributed by atoms with Crippen molar-refractivity contribution in [3.8, 4) is 0 Å². The minimum Gasteiger partial charge on any atom is -0.444 e. The predicted octanol–water partition coefficient (Wildman–Crippen LogP) is 3.98. The van der Waals surface area contributed by atoms with Crippen LogP contribution in [0.5, 0.6) is 0 Å². The van der Waals surface area contributed by atoms with E-state index < -0.39 is 5.60 Å². The van der Waals surface area contributed by atoms with Gasteiger partial charge in [-0.15, -0.1) is 0 Å². The number of nitrogens with zero attached hydrogens (tertiary/aromatic N) is 1. The van der Waals surface area contributed by atoms with Gasteiger partial charge in [-0.25, -0.2) is 4.79 Å². The Bertz CT molecular complexity index is 501. The molecular formula is C16H22BrNO3. The van der Waals surface area contributed by atoms with Gasteiger partial charge in [0.25, 0.3) is 0 Å². The molecule has 21 heavy (non-hydrogen) atoms. The summed E-state index contributed by atoms with van der Waals surface area (Å²) in [7, 11) is 0. The highest BCUT2D eigenvalue weighted by Crippen LogP contribution is 2.27. The Labute approximate surface area is 134 Å². The molecule has 5 heteroatoms. The topological polar surface area (TPSA) is 38.8 Å². The lowest BCUT2D eigenvalue weighted by atomic mass is 9.97. The lowest BCUT2D eigenvalue weighted by Gasteiger charge is -2.47. The first-order valence-corrected chi connectivity index (χ1v) is 7.83. The van der Waals surface area contributed by atoms with Gasteiger partial charge >= 0.3 is 6.09 Å². The third-order valence-electron chi connectivity index (χ3n) is 3.20. The molecule has 0 saturated carbocycles. The minimum atomic E-state index is -0.457. The second-order valence-electron chi connectivity index (χ2n) is 6.70. The van der Waals surface area contributed by atoms with Crippen LogP contribution in [0.2, 0.25) is 0 Å². The van der Waals surface area contributed by atoms with Gasteiger partial charge in [0.15, 0.2) is 0 Å². The molecule has 0 spiro atoms. The quantitative estimate of drug-likeness (QED) is 0.823. The highest BCUT2D eigenvalue weighted by atomic mass is 79.9. The molecule has 0 aromatic heterocycles. The Morgan fingerprint density at radius 3 is 2.38 bits per heavy atom. The zero-order valence-electron chi connectivity index (χ0n) is 13.0. The van der Waals surface area contributed by atoms with Crippen LogP contribution in [0.4, 0.5) is 4.79 Å². The van der Waals surface area contributed by atoms with Crippen molar-refractivity contribution in [1.82, 2.24) is 4.90 Å². The number of likely N-dealkylation sites (tertiary alicyclic amines) is 1. The summed E-state index contributed by atoms with van der Waals surface area (Å²) in [4.78, 5) is 13.6. The Morgan fingerprint density at radius 2 is 1.86 bits per heavy atom. The van der Waals surface area contributed by atoms with Crippen LogP contribution in [0.25, 0.3) is 0 Å². The van der Waals surface area contributed by atoms with E-state index in [-0.39, 0.29) is 11.7 Å². The average Bonchev–Trinajstić information content (AvgIpc) is 2.32. The van der Waals surface area contributed by atoms with E-state index in [1.807, 2.05) is 52.0 Å². The number of carbonyl (C=O) groups is 1. The van der Waals surface area contributed by atoms with Gasteiger partial charge in [-0.05, 0) is 45.4 Å². The highest BCUT2D eigenvalue weighted by Gasteiger charge is 2.43. The van der Waals surface area contributed by atoms with Crippen LogP contribution >= 0.6 is 15.9 Å². The zero-order chi connectivity index (χ0) is 15.7. The fourth-order valence-electron chi connectivity index (χ4n) is 2.15. The van der Waals surface area contributed by atoms with Crippen molar-refractivity contribution in [3.05, 3.63) is 34.3 Å². The summed E-state index contributed by atoms with van der Waals surface area (Å²) in [5.74, 6) is 0. The number of halogens is 1. The van der Waals surface area contributed by atoms with Crippen LogP contribution in [0.1, 0.15) is 33.3 Å². The van der Waals surface area contributed by atoms with Crippen LogP contribution < -0.4 is 0 Å². The van der Waals surface area contributed by atoms with Gasteiger partial charge in [-0.3, -0.25) is 0 Å². The van der Waals surface area contributed by atoms with Crippen LogP contribution in [-0.2, 0) is 16.1 Å². The van der Waals surface area contributed by atoms with Crippen molar-refractivity contribution in [1.29, 1.82) is 0 Å². The molecule has 116 valence electrons. The molecular weight excluding hydrogens is 334 g/mol. The Kier molecular flexibility index (Phi) is 4.63. The molecule has 1 amide bonds. The number of ether oxygens (including phenoxy) is 2. The van der Waals surface area contributed by atoms with E-state index in [9.17, 15) is 4.79 Å². The summed E-state index contributed by atoms with van der Waals surface area (Å²) >= 11 is 3.41. The molecule has 0 radical (unpaired) electrons. The average molecular weight is 356 g/mol. The van der Waals surface area contributed by atoms with E-state index in [0.29, 0.717) is 19.7 Å². The lowest BCUT2D eigenvalue weighted by Crippen LogP contribution is -2.63. The number of amides is 1. The summed E-state index contributed by atoms with van der Waals surface area (Å²) in [5.41, 5.74) is 0.376. The van der Waals surface area contributed by atoms with Gasteiger partial charge < -0.3 is 14.4 Å². The maximum atomic E-state index is 11.9. The van der Waals surface area contributed by atoms with Gasteiger partial charge in [0.1, 0.15) is 11.2 Å². The van der Waals surface area contributed by atoms with Gasteiger partial charge in [-0.1, -0.05) is 28.1 Å². The van der Waals surface area contributed by atoms with Gasteiger partial charge in [-0.2, -0.15) is 0 Å². The van der Waals surface area contributed by atoms with Crippen molar-refractivity contribution in [2.24, 2.45) is 0 Å². The Hall–Kier alpha value is -1.07. The molecule has 4 nitrogen and oxygen atoms in total. The first-order chi connectivity index (χ1) is 9.67. The van der Waals surface area contributed by atoms with E-state index in [4.69, 9.17) is 9.47 Å². The van der Waals surface area contributed by atoms with E-state index in [1.165, 1.54) is 0 Å². The molecule has 0 aliphatic carbocycles. The number of hydrogen-bond donors (Lipinski definition) is 0. The van der Waals surface area contributed by atoms with Gasteiger partial charge in [0.2, 0.25) is 0 Å². The number of hydrogen-bond acceptors (Lipinski definition) is 3. The third-order valence-corrected chi connectivity index (χ3v) is 3.73. The third kappa shape index (κ3) is 4.71. The Balaban J connectivity index is 1.79. The van der Waals surface area contributed by atoms with E-state index in [1.54, 1.807) is 4.90 Å². The first-order valence-electron chi connectivity index (χ1n) is 7.03. The largest absolute Gasteiger partial charge is 0.444 e. The van der Waals surface area contributed by atoms with Gasteiger partial charge in [0, 0.05) is 4.47 Å². The summed E-state index contributed by atoms with van der Waals surface area (Å²) < 4.78 is 12.3. The fourth-order valence-corrected chi connectivity index (χ4v) is 2.41. The molecule has 1 aromatic carbocycles. The van der Waals surface area contributed by atoms with Crippen molar-refractivity contribution in [2.45, 2.75) is 45.5 Å². The Morgan fingerprint density at radius 1 is 1.29 bits per heavy atom. The molecule has 0 atom stereocenters. The van der Waals surface area contributed by atoms with Gasteiger partial charge in [0.05, 0.1) is 19.7 Å². The molecule has 1 aliphatic heterocycles. The maximum Gasteiger partial charge on any atom is 0.410 e. The zero-order valence-corrected chi connectivity index (χ0v) is 14.6. The number of carbonyl (C=O) groups excluding carboxylic acids is 1. The second kappa shape index (κ2) is 5.97. The van der Waals surface area contributed by atoms with Crippen LogP contribution in [0.15, 0.2) is 28.7 Å². The molecule has 1 heterocycles. The molecule has 0 N–H and O–H groups in total. The van der Waals surface area contributed by atoms with Crippen molar-refractivity contribution in [3.63, 3.8) is 0 Å². The SMILES string of the molecule is CC(C)(C)OC(=O)N1CC(C)(OCc2ccc(Br)cc2)C1. The summed E-state index contributed by atoms with van der Waals surface area (Å²) in [5, 5.41) is 0.